The molecule has 0 atom stereocenters. The van der Waals surface area contributed by atoms with Gasteiger partial charge >= 0.3 is 5.69 Å². The number of nitrogens with zero attached hydrogens (tertiary/aromatic N) is 5. The molecule has 1 aromatic carbocycles. The Bertz CT molecular complexity index is 1400. The lowest BCUT2D eigenvalue weighted by Crippen LogP contribution is -2.39. The van der Waals surface area contributed by atoms with E-state index in [0.29, 0.717) is 22.8 Å². The smallest absolute Gasteiger partial charge is 0.311 e. The van der Waals surface area contributed by atoms with E-state index < -0.39 is 5.69 Å². The molecule has 1 saturated carbocycles. The lowest BCUT2D eigenvalue weighted by Gasteiger charge is -2.13. The molecule has 0 bridgehead atoms. The molecule has 3 heterocycles. The Morgan fingerprint density at radius 1 is 1.07 bits per heavy atom. The van der Waals surface area contributed by atoms with Gasteiger partial charge in [0, 0.05) is 24.5 Å². The first-order valence-corrected chi connectivity index (χ1v) is 10.3. The molecule has 7 nitrogen and oxygen atoms in total. The van der Waals surface area contributed by atoms with Crippen LogP contribution in [-0.2, 0) is 13.6 Å². The van der Waals surface area contributed by atoms with Gasteiger partial charge in [-0.3, -0.25) is 18.3 Å². The third-order valence-electron chi connectivity index (χ3n) is 6.50. The number of hydrogen-bond acceptors (Lipinski definition) is 3. The summed E-state index contributed by atoms with van der Waals surface area (Å²) in [5.41, 5.74) is 2.74. The van der Waals surface area contributed by atoms with E-state index in [1.165, 1.54) is 34.1 Å². The van der Waals surface area contributed by atoms with Crippen molar-refractivity contribution < 1.29 is 4.39 Å². The lowest BCUT2D eigenvalue weighted by atomic mass is 10.2. The normalized spacial score (nSPS) is 15.1. The first-order chi connectivity index (χ1) is 14.4. The fourth-order valence-corrected chi connectivity index (χ4v) is 4.79. The third-order valence-corrected chi connectivity index (χ3v) is 6.50. The summed E-state index contributed by atoms with van der Waals surface area (Å²) < 4.78 is 20.0. The Morgan fingerprint density at radius 3 is 2.40 bits per heavy atom. The van der Waals surface area contributed by atoms with Crippen molar-refractivity contribution in [2.24, 2.45) is 7.05 Å². The summed E-state index contributed by atoms with van der Waals surface area (Å²) in [7, 11) is 1.64. The molecule has 0 N–H and O–H groups in total. The number of halogens is 1. The van der Waals surface area contributed by atoms with Crippen molar-refractivity contribution >= 4 is 16.9 Å². The van der Waals surface area contributed by atoms with E-state index in [1.807, 2.05) is 11.3 Å². The monoisotopic (exact) mass is 409 g/mol. The number of fused-ring (bicyclic) bond motifs is 3. The molecule has 0 saturated heterocycles. The van der Waals surface area contributed by atoms with Gasteiger partial charge in [-0.25, -0.2) is 9.18 Å². The van der Waals surface area contributed by atoms with Gasteiger partial charge in [0.15, 0.2) is 11.2 Å². The molecule has 0 unspecified atom stereocenters. The molecule has 3 aromatic heterocycles. The minimum Gasteiger partial charge on any atom is -0.311 e. The summed E-state index contributed by atoms with van der Waals surface area (Å²) >= 11 is 0. The van der Waals surface area contributed by atoms with E-state index in [0.717, 1.165) is 30.0 Å². The fourth-order valence-electron chi connectivity index (χ4n) is 4.79. The molecule has 4 aromatic rings. The Morgan fingerprint density at radius 2 is 1.73 bits per heavy atom. The highest BCUT2D eigenvalue weighted by Gasteiger charge is 2.27. The van der Waals surface area contributed by atoms with Crippen LogP contribution in [0.1, 0.15) is 48.7 Å². The van der Waals surface area contributed by atoms with Crippen LogP contribution in [0.2, 0.25) is 0 Å². The van der Waals surface area contributed by atoms with Crippen molar-refractivity contribution in [1.29, 1.82) is 0 Å². The molecule has 0 aliphatic heterocycles. The number of benzene rings is 1. The minimum absolute atomic E-state index is 0.0797. The van der Waals surface area contributed by atoms with Gasteiger partial charge in [0.2, 0.25) is 5.78 Å². The number of hydrogen-bond donors (Lipinski definition) is 0. The molecule has 1 aliphatic carbocycles. The van der Waals surface area contributed by atoms with Gasteiger partial charge in [-0.1, -0.05) is 25.0 Å². The van der Waals surface area contributed by atoms with Crippen LogP contribution in [0, 0.1) is 19.7 Å². The molecule has 156 valence electrons. The predicted molar refractivity (Wildman–Crippen MR) is 113 cm³/mol. The van der Waals surface area contributed by atoms with Crippen LogP contribution in [0.3, 0.4) is 0 Å². The average molecular weight is 409 g/mol. The summed E-state index contributed by atoms with van der Waals surface area (Å²) in [5.74, 6) is 0.366. The Labute approximate surface area is 172 Å². The van der Waals surface area contributed by atoms with Gasteiger partial charge in [-0.05, 0) is 44.4 Å². The second-order valence-corrected chi connectivity index (χ2v) is 8.26. The highest BCUT2D eigenvalue weighted by atomic mass is 19.1. The number of imidazole rings is 2. The van der Waals surface area contributed by atoms with Crippen molar-refractivity contribution in [3.8, 4) is 0 Å². The first-order valence-electron chi connectivity index (χ1n) is 10.3. The minimum atomic E-state index is -0.431. The van der Waals surface area contributed by atoms with Crippen molar-refractivity contribution in [3.05, 3.63) is 67.9 Å². The molecule has 0 amide bonds. The Kier molecular flexibility index (Phi) is 4.20. The third kappa shape index (κ3) is 2.59. The predicted octanol–water partition coefficient (Wildman–Crippen LogP) is 3.07. The van der Waals surface area contributed by atoms with Gasteiger partial charge in [-0.2, -0.15) is 4.98 Å². The van der Waals surface area contributed by atoms with Crippen molar-refractivity contribution in [1.82, 2.24) is 23.1 Å². The number of aromatic nitrogens is 5. The van der Waals surface area contributed by atoms with Gasteiger partial charge in [0.1, 0.15) is 5.82 Å². The molecule has 0 spiro atoms. The summed E-state index contributed by atoms with van der Waals surface area (Å²) in [4.78, 5) is 31.2. The van der Waals surface area contributed by atoms with Crippen LogP contribution in [0.4, 0.5) is 4.39 Å². The van der Waals surface area contributed by atoms with E-state index in [1.54, 1.807) is 19.2 Å². The Balaban J connectivity index is 1.79. The van der Waals surface area contributed by atoms with E-state index in [2.05, 4.69) is 11.5 Å². The molecule has 1 fully saturated rings. The lowest BCUT2D eigenvalue weighted by molar-refractivity contribution is 0.520. The maximum Gasteiger partial charge on any atom is 0.332 e. The molecule has 5 rings (SSSR count). The molecular weight excluding hydrogens is 385 g/mol. The number of aryl methyl sites for hydroxylation is 2. The van der Waals surface area contributed by atoms with Crippen LogP contribution in [-0.4, -0.2) is 23.1 Å². The molecule has 30 heavy (non-hydrogen) atoms. The highest BCUT2D eigenvalue weighted by Crippen LogP contribution is 2.34. The van der Waals surface area contributed by atoms with Crippen LogP contribution in [0.15, 0.2) is 33.9 Å². The van der Waals surface area contributed by atoms with Gasteiger partial charge in [0.25, 0.3) is 5.56 Å². The molecular formula is C22H24FN5O2. The standard InChI is InChI=1S/C22H24FN5O2/c1-13-14(2)28-18-19(24-21(28)27(13)17-6-4-5-7-17)25(3)22(30)26(20(18)29)12-15-8-10-16(23)11-9-15/h8-11,17H,4-7,12H2,1-3H3. The quantitative estimate of drug-likeness (QED) is 0.522. The summed E-state index contributed by atoms with van der Waals surface area (Å²) in [6.07, 6.45) is 4.58. The largest absolute Gasteiger partial charge is 0.332 e. The van der Waals surface area contributed by atoms with Crippen LogP contribution < -0.4 is 11.2 Å². The number of rotatable bonds is 3. The van der Waals surface area contributed by atoms with Gasteiger partial charge in [-0.15, -0.1) is 0 Å². The van der Waals surface area contributed by atoms with E-state index in [-0.39, 0.29) is 17.9 Å². The molecule has 8 heteroatoms. The molecule has 1 aliphatic rings. The van der Waals surface area contributed by atoms with Crippen LogP contribution in [0.25, 0.3) is 16.9 Å². The van der Waals surface area contributed by atoms with E-state index >= 15 is 0 Å². The summed E-state index contributed by atoms with van der Waals surface area (Å²) in [5, 5.41) is 0. The topological polar surface area (TPSA) is 66.2 Å². The van der Waals surface area contributed by atoms with Crippen LogP contribution >= 0.6 is 0 Å². The average Bonchev–Trinajstić information content (AvgIpc) is 3.43. The van der Waals surface area contributed by atoms with E-state index in [4.69, 9.17) is 4.98 Å². The second kappa shape index (κ2) is 6.68. The summed E-state index contributed by atoms with van der Waals surface area (Å²) in [6.45, 7) is 4.13. The fraction of sp³-hybridized carbons (Fsp3) is 0.409. The zero-order chi connectivity index (χ0) is 21.2. The highest BCUT2D eigenvalue weighted by molar-refractivity contribution is 5.76. The maximum absolute atomic E-state index is 13.4. The SMILES string of the molecule is Cc1c(C)n2c3c(=O)n(Cc4ccc(F)cc4)c(=O)n(C)c3nc2n1C1CCCC1. The van der Waals surface area contributed by atoms with Crippen molar-refractivity contribution in [3.63, 3.8) is 0 Å². The maximum atomic E-state index is 13.4. The van der Waals surface area contributed by atoms with E-state index in [9.17, 15) is 14.0 Å². The van der Waals surface area contributed by atoms with Crippen molar-refractivity contribution in [2.45, 2.75) is 52.1 Å². The second-order valence-electron chi connectivity index (χ2n) is 8.26. The van der Waals surface area contributed by atoms with Gasteiger partial charge in [0.05, 0.1) is 6.54 Å². The molecule has 0 radical (unpaired) electrons. The zero-order valence-corrected chi connectivity index (χ0v) is 17.4. The summed E-state index contributed by atoms with van der Waals surface area (Å²) in [6, 6.07) is 6.20. The first kappa shape index (κ1) is 18.8. The Hall–Kier alpha value is -3.16. The van der Waals surface area contributed by atoms with Crippen LogP contribution in [0.5, 0.6) is 0 Å². The zero-order valence-electron chi connectivity index (χ0n) is 17.4. The van der Waals surface area contributed by atoms with Crippen molar-refractivity contribution in [2.75, 3.05) is 0 Å². The van der Waals surface area contributed by atoms with Gasteiger partial charge < -0.3 is 4.57 Å².